The van der Waals surface area contributed by atoms with Gasteiger partial charge in [-0.2, -0.15) is 0 Å². The maximum absolute atomic E-state index is 13.4. The quantitative estimate of drug-likeness (QED) is 0.607. The van der Waals surface area contributed by atoms with Crippen LogP contribution in [-0.4, -0.2) is 5.78 Å². The molecule has 0 heterocycles. The summed E-state index contributed by atoms with van der Waals surface area (Å²) >= 11 is 3.20. The van der Waals surface area contributed by atoms with Crippen LogP contribution in [0.5, 0.6) is 0 Å². The Morgan fingerprint density at radius 2 is 1.60 bits per heavy atom. The van der Waals surface area contributed by atoms with Gasteiger partial charge < -0.3 is 0 Å². The first-order valence-electron chi connectivity index (χ1n) is 6.13. The van der Waals surface area contributed by atoms with Gasteiger partial charge in [0.25, 0.3) is 0 Å². The molecule has 3 aromatic carbocycles. The molecule has 0 aliphatic rings. The van der Waals surface area contributed by atoms with Gasteiger partial charge in [0.1, 0.15) is 5.82 Å². The lowest BCUT2D eigenvalue weighted by Crippen LogP contribution is -2.01. The Morgan fingerprint density at radius 3 is 2.35 bits per heavy atom. The van der Waals surface area contributed by atoms with Crippen LogP contribution in [0.25, 0.3) is 10.8 Å². The minimum atomic E-state index is -0.427. The molecule has 0 aliphatic heterocycles. The zero-order valence-electron chi connectivity index (χ0n) is 10.4. The van der Waals surface area contributed by atoms with Gasteiger partial charge in [-0.15, -0.1) is 0 Å². The number of fused-ring (bicyclic) bond motifs is 1. The number of halogens is 2. The molecule has 0 saturated heterocycles. The fraction of sp³-hybridized carbons (Fsp3) is 0. The van der Waals surface area contributed by atoms with E-state index in [1.807, 2.05) is 36.4 Å². The summed E-state index contributed by atoms with van der Waals surface area (Å²) in [6.07, 6.45) is 0. The van der Waals surface area contributed by atoms with Gasteiger partial charge in [0.15, 0.2) is 5.78 Å². The first kappa shape index (κ1) is 13.0. The number of carbonyl (C=O) groups is 1. The van der Waals surface area contributed by atoms with Crippen LogP contribution in [0, 0.1) is 5.82 Å². The molecule has 0 spiro atoms. The third kappa shape index (κ3) is 2.49. The number of carbonyl (C=O) groups excluding carboxylic acids is 1. The molecular formula is C17H10BrFO. The SMILES string of the molecule is O=C(c1cc(F)cc(Br)c1)c1ccc2ccccc2c1. The van der Waals surface area contributed by atoms with E-state index in [4.69, 9.17) is 0 Å². The lowest BCUT2D eigenvalue weighted by molar-refractivity contribution is 0.103. The fourth-order valence-electron chi connectivity index (χ4n) is 2.18. The lowest BCUT2D eigenvalue weighted by Gasteiger charge is -2.04. The van der Waals surface area contributed by atoms with E-state index in [0.29, 0.717) is 15.6 Å². The van der Waals surface area contributed by atoms with Crippen molar-refractivity contribution in [1.29, 1.82) is 0 Å². The van der Waals surface area contributed by atoms with E-state index in [0.717, 1.165) is 10.8 Å². The van der Waals surface area contributed by atoms with Crippen LogP contribution in [0.4, 0.5) is 4.39 Å². The first-order chi connectivity index (χ1) is 9.63. The summed E-state index contributed by atoms with van der Waals surface area (Å²) in [5.41, 5.74) is 0.897. The van der Waals surface area contributed by atoms with E-state index < -0.39 is 5.82 Å². The van der Waals surface area contributed by atoms with E-state index >= 15 is 0 Å². The third-order valence-electron chi connectivity index (χ3n) is 3.14. The van der Waals surface area contributed by atoms with Crippen molar-refractivity contribution in [1.82, 2.24) is 0 Å². The summed E-state index contributed by atoms with van der Waals surface area (Å²) in [6, 6.07) is 17.5. The minimum Gasteiger partial charge on any atom is -0.289 e. The number of hydrogen-bond acceptors (Lipinski definition) is 1. The molecule has 0 aliphatic carbocycles. The van der Waals surface area contributed by atoms with E-state index in [2.05, 4.69) is 15.9 Å². The Balaban J connectivity index is 2.07. The monoisotopic (exact) mass is 328 g/mol. The van der Waals surface area contributed by atoms with Crippen LogP contribution >= 0.6 is 15.9 Å². The first-order valence-corrected chi connectivity index (χ1v) is 6.92. The Labute approximate surface area is 124 Å². The molecule has 0 saturated carbocycles. The molecule has 0 aromatic heterocycles. The molecule has 3 heteroatoms. The third-order valence-corrected chi connectivity index (χ3v) is 3.59. The Morgan fingerprint density at radius 1 is 0.850 bits per heavy atom. The van der Waals surface area contributed by atoms with Crippen LogP contribution in [-0.2, 0) is 0 Å². The summed E-state index contributed by atoms with van der Waals surface area (Å²) in [4.78, 5) is 12.4. The van der Waals surface area contributed by atoms with Crippen LogP contribution in [0.2, 0.25) is 0 Å². The average Bonchev–Trinajstić information content (AvgIpc) is 2.45. The second-order valence-corrected chi connectivity index (χ2v) is 5.46. The Hall–Kier alpha value is -2.00. The van der Waals surface area contributed by atoms with Gasteiger partial charge in [0, 0.05) is 15.6 Å². The van der Waals surface area contributed by atoms with E-state index in [-0.39, 0.29) is 5.78 Å². The van der Waals surface area contributed by atoms with Crippen molar-refractivity contribution in [3.05, 3.63) is 82.1 Å². The standard InChI is InChI=1S/C17H10BrFO/c18-15-8-14(9-16(19)10-15)17(20)13-6-5-11-3-1-2-4-12(11)7-13/h1-10H. The van der Waals surface area contributed by atoms with Crippen molar-refractivity contribution in [3.63, 3.8) is 0 Å². The summed E-state index contributed by atoms with van der Waals surface area (Å²) in [7, 11) is 0. The van der Waals surface area contributed by atoms with E-state index in [1.54, 1.807) is 12.1 Å². The van der Waals surface area contributed by atoms with Crippen molar-refractivity contribution >= 4 is 32.5 Å². The maximum Gasteiger partial charge on any atom is 0.193 e. The van der Waals surface area contributed by atoms with Gasteiger partial charge >= 0.3 is 0 Å². The molecule has 98 valence electrons. The molecular weight excluding hydrogens is 319 g/mol. The molecule has 0 unspecified atom stereocenters. The van der Waals surface area contributed by atoms with Crippen molar-refractivity contribution in [2.45, 2.75) is 0 Å². The normalized spacial score (nSPS) is 10.7. The summed E-state index contributed by atoms with van der Waals surface area (Å²) in [6.45, 7) is 0. The number of ketones is 1. The maximum atomic E-state index is 13.4. The summed E-state index contributed by atoms with van der Waals surface area (Å²) in [5.74, 6) is -0.612. The molecule has 20 heavy (non-hydrogen) atoms. The minimum absolute atomic E-state index is 0.184. The van der Waals surface area contributed by atoms with Gasteiger partial charge in [-0.25, -0.2) is 4.39 Å². The highest BCUT2D eigenvalue weighted by molar-refractivity contribution is 9.10. The van der Waals surface area contributed by atoms with Crippen molar-refractivity contribution < 1.29 is 9.18 Å². The fourth-order valence-corrected chi connectivity index (χ4v) is 2.65. The number of benzene rings is 3. The molecule has 0 N–H and O–H groups in total. The molecule has 0 amide bonds. The highest BCUT2D eigenvalue weighted by atomic mass is 79.9. The highest BCUT2D eigenvalue weighted by Gasteiger charge is 2.11. The van der Waals surface area contributed by atoms with Crippen molar-refractivity contribution in [3.8, 4) is 0 Å². The Bertz CT molecular complexity index is 791. The predicted molar refractivity (Wildman–Crippen MR) is 81.5 cm³/mol. The van der Waals surface area contributed by atoms with Gasteiger partial charge in [0.05, 0.1) is 0 Å². The summed E-state index contributed by atoms with van der Waals surface area (Å²) in [5, 5.41) is 2.07. The van der Waals surface area contributed by atoms with Crippen LogP contribution in [0.3, 0.4) is 0 Å². The molecule has 0 fully saturated rings. The molecule has 0 bridgehead atoms. The molecule has 1 nitrogen and oxygen atoms in total. The average molecular weight is 329 g/mol. The van der Waals surface area contributed by atoms with E-state index in [9.17, 15) is 9.18 Å². The Kier molecular flexibility index (Phi) is 3.36. The van der Waals surface area contributed by atoms with E-state index in [1.165, 1.54) is 12.1 Å². The van der Waals surface area contributed by atoms with Crippen molar-refractivity contribution in [2.75, 3.05) is 0 Å². The second kappa shape index (κ2) is 5.17. The van der Waals surface area contributed by atoms with Crippen LogP contribution < -0.4 is 0 Å². The molecule has 0 radical (unpaired) electrons. The topological polar surface area (TPSA) is 17.1 Å². The summed E-state index contributed by atoms with van der Waals surface area (Å²) < 4.78 is 13.9. The zero-order valence-corrected chi connectivity index (χ0v) is 12.0. The van der Waals surface area contributed by atoms with Crippen LogP contribution in [0.15, 0.2) is 65.1 Å². The van der Waals surface area contributed by atoms with Gasteiger partial charge in [0.2, 0.25) is 0 Å². The van der Waals surface area contributed by atoms with Crippen molar-refractivity contribution in [2.24, 2.45) is 0 Å². The number of rotatable bonds is 2. The van der Waals surface area contributed by atoms with Gasteiger partial charge in [-0.1, -0.05) is 52.3 Å². The smallest absolute Gasteiger partial charge is 0.193 e. The molecule has 3 aromatic rings. The second-order valence-electron chi connectivity index (χ2n) is 4.55. The highest BCUT2D eigenvalue weighted by Crippen LogP contribution is 2.21. The predicted octanol–water partition coefficient (Wildman–Crippen LogP) is 4.97. The largest absolute Gasteiger partial charge is 0.289 e. The molecule has 0 atom stereocenters. The zero-order chi connectivity index (χ0) is 14.1. The number of hydrogen-bond donors (Lipinski definition) is 0. The van der Waals surface area contributed by atoms with Gasteiger partial charge in [-0.3, -0.25) is 4.79 Å². The molecule has 3 rings (SSSR count). The van der Waals surface area contributed by atoms with Gasteiger partial charge in [-0.05, 0) is 35.0 Å². The van der Waals surface area contributed by atoms with Crippen LogP contribution in [0.1, 0.15) is 15.9 Å². The lowest BCUT2D eigenvalue weighted by atomic mass is 10.00.